The van der Waals surface area contributed by atoms with Gasteiger partial charge in [0.15, 0.2) is 0 Å². The number of nitrogens with zero attached hydrogens (tertiary/aromatic N) is 1. The zero-order chi connectivity index (χ0) is 18.8. The Bertz CT molecular complexity index is 828. The van der Waals surface area contributed by atoms with E-state index in [0.29, 0.717) is 13.1 Å². The highest BCUT2D eigenvalue weighted by Crippen LogP contribution is 2.30. The molecule has 2 aromatic rings. The second-order valence-electron chi connectivity index (χ2n) is 6.86. The number of H-pyrrole nitrogens is 1. The molecule has 140 valence electrons. The van der Waals surface area contributed by atoms with Crippen molar-refractivity contribution in [3.63, 3.8) is 0 Å². The molecule has 0 fully saturated rings. The standard InChI is InChI=1S/C19H25N3O4/c1-11(2)17(18(23)26-4)21-19(24)22-8-7-13-14-9-12(25-3)5-6-15(14)20-16(13)10-22/h5-6,9,11,17,20H,7-8,10H2,1-4H3,(H,21,24)/t17-/m0/s1. The minimum absolute atomic E-state index is 0.0488. The van der Waals surface area contributed by atoms with Gasteiger partial charge in [-0.15, -0.1) is 0 Å². The molecule has 7 heteroatoms. The van der Waals surface area contributed by atoms with Gasteiger partial charge in [-0.3, -0.25) is 0 Å². The maximum atomic E-state index is 12.6. The fraction of sp³-hybridized carbons (Fsp3) is 0.474. The molecule has 7 nitrogen and oxygen atoms in total. The fourth-order valence-corrected chi connectivity index (χ4v) is 3.37. The van der Waals surface area contributed by atoms with Gasteiger partial charge >= 0.3 is 12.0 Å². The molecule has 0 unspecified atom stereocenters. The highest BCUT2D eigenvalue weighted by atomic mass is 16.5. The van der Waals surface area contributed by atoms with E-state index in [9.17, 15) is 9.59 Å². The number of benzene rings is 1. The average Bonchev–Trinajstić information content (AvgIpc) is 3.01. The number of ether oxygens (including phenoxy) is 2. The molecule has 2 N–H and O–H groups in total. The van der Waals surface area contributed by atoms with E-state index in [1.54, 1.807) is 12.0 Å². The molecule has 2 amide bonds. The second-order valence-corrected chi connectivity index (χ2v) is 6.86. The molecule has 0 saturated heterocycles. The first-order valence-electron chi connectivity index (χ1n) is 8.75. The molecule has 0 aliphatic carbocycles. The van der Waals surface area contributed by atoms with E-state index in [-0.39, 0.29) is 11.9 Å². The van der Waals surface area contributed by atoms with E-state index >= 15 is 0 Å². The van der Waals surface area contributed by atoms with Gasteiger partial charge in [0.1, 0.15) is 11.8 Å². The smallest absolute Gasteiger partial charge is 0.328 e. The number of rotatable bonds is 4. The van der Waals surface area contributed by atoms with Crippen LogP contribution in [0.15, 0.2) is 18.2 Å². The van der Waals surface area contributed by atoms with E-state index in [4.69, 9.17) is 9.47 Å². The van der Waals surface area contributed by atoms with Gasteiger partial charge < -0.3 is 24.7 Å². The fourth-order valence-electron chi connectivity index (χ4n) is 3.37. The minimum Gasteiger partial charge on any atom is -0.497 e. The summed E-state index contributed by atoms with van der Waals surface area (Å²) in [5.74, 6) is 0.341. The minimum atomic E-state index is -0.652. The van der Waals surface area contributed by atoms with Gasteiger partial charge in [-0.25, -0.2) is 9.59 Å². The lowest BCUT2D eigenvalue weighted by molar-refractivity contribution is -0.144. The predicted molar refractivity (Wildman–Crippen MR) is 98.1 cm³/mol. The zero-order valence-corrected chi connectivity index (χ0v) is 15.6. The zero-order valence-electron chi connectivity index (χ0n) is 15.6. The number of fused-ring (bicyclic) bond motifs is 3. The molecule has 3 rings (SSSR count). The summed E-state index contributed by atoms with van der Waals surface area (Å²) in [6.07, 6.45) is 0.750. The number of amides is 2. The normalized spacial score (nSPS) is 14.9. The number of carbonyl (C=O) groups excluding carboxylic acids is 2. The number of aromatic nitrogens is 1. The van der Waals surface area contributed by atoms with Gasteiger partial charge in [0, 0.05) is 23.1 Å². The number of hydrogen-bond donors (Lipinski definition) is 2. The Morgan fingerprint density at radius 1 is 1.27 bits per heavy atom. The van der Waals surface area contributed by atoms with Crippen molar-refractivity contribution in [1.82, 2.24) is 15.2 Å². The lowest BCUT2D eigenvalue weighted by Gasteiger charge is -2.29. The summed E-state index contributed by atoms with van der Waals surface area (Å²) < 4.78 is 10.1. The second kappa shape index (κ2) is 7.27. The molecule has 1 atom stereocenters. The van der Waals surface area contributed by atoms with Crippen molar-refractivity contribution in [2.75, 3.05) is 20.8 Å². The van der Waals surface area contributed by atoms with Crippen LogP contribution in [0.3, 0.4) is 0 Å². The maximum Gasteiger partial charge on any atom is 0.328 e. The number of esters is 1. The van der Waals surface area contributed by atoms with Gasteiger partial charge in [-0.2, -0.15) is 0 Å². The molecule has 1 aliphatic rings. The Labute approximate surface area is 152 Å². The Morgan fingerprint density at radius 3 is 2.69 bits per heavy atom. The summed E-state index contributed by atoms with van der Waals surface area (Å²) in [5, 5.41) is 3.93. The monoisotopic (exact) mass is 359 g/mol. The Kier molecular flexibility index (Phi) is 5.06. The van der Waals surface area contributed by atoms with Gasteiger partial charge in [0.05, 0.1) is 20.8 Å². The van der Waals surface area contributed by atoms with Crippen molar-refractivity contribution in [2.45, 2.75) is 32.9 Å². The van der Waals surface area contributed by atoms with Crippen LogP contribution in [0.5, 0.6) is 5.75 Å². The summed E-state index contributed by atoms with van der Waals surface area (Å²) >= 11 is 0. The molecule has 1 aliphatic heterocycles. The van der Waals surface area contributed by atoms with Crippen LogP contribution < -0.4 is 10.1 Å². The number of carbonyl (C=O) groups is 2. The molecule has 2 heterocycles. The molecule has 0 radical (unpaired) electrons. The van der Waals surface area contributed by atoms with Crippen molar-refractivity contribution in [2.24, 2.45) is 5.92 Å². The Morgan fingerprint density at radius 2 is 2.04 bits per heavy atom. The molecule has 1 aromatic carbocycles. The van der Waals surface area contributed by atoms with Crippen molar-refractivity contribution in [3.05, 3.63) is 29.5 Å². The summed E-state index contributed by atoms with van der Waals surface area (Å²) in [6.45, 7) is 4.82. The first-order chi connectivity index (χ1) is 12.4. The van der Waals surface area contributed by atoms with Crippen molar-refractivity contribution in [1.29, 1.82) is 0 Å². The number of nitrogens with one attached hydrogen (secondary N) is 2. The van der Waals surface area contributed by atoms with Crippen LogP contribution in [-0.2, 0) is 22.5 Å². The third kappa shape index (κ3) is 3.34. The van der Waals surface area contributed by atoms with Gasteiger partial charge in [0.25, 0.3) is 0 Å². The van der Waals surface area contributed by atoms with Crippen LogP contribution in [-0.4, -0.2) is 48.7 Å². The van der Waals surface area contributed by atoms with E-state index in [0.717, 1.165) is 28.8 Å². The molecular formula is C19H25N3O4. The highest BCUT2D eigenvalue weighted by Gasteiger charge is 2.29. The van der Waals surface area contributed by atoms with E-state index < -0.39 is 12.0 Å². The summed E-state index contributed by atoms with van der Waals surface area (Å²) in [4.78, 5) is 29.6. The lowest BCUT2D eigenvalue weighted by Crippen LogP contribution is -2.51. The highest BCUT2D eigenvalue weighted by molar-refractivity contribution is 5.87. The first kappa shape index (κ1) is 18.1. The van der Waals surface area contributed by atoms with Crippen molar-refractivity contribution < 1.29 is 19.1 Å². The number of aromatic amines is 1. The number of urea groups is 1. The van der Waals surface area contributed by atoms with E-state index in [2.05, 4.69) is 10.3 Å². The van der Waals surface area contributed by atoms with Crippen LogP contribution in [0, 0.1) is 5.92 Å². The van der Waals surface area contributed by atoms with E-state index in [1.807, 2.05) is 32.0 Å². The summed E-state index contributed by atoms with van der Waals surface area (Å²) in [6, 6.07) is 5.02. The third-order valence-corrected chi connectivity index (χ3v) is 4.87. The average molecular weight is 359 g/mol. The molecule has 0 bridgehead atoms. The third-order valence-electron chi connectivity index (χ3n) is 4.87. The SMILES string of the molecule is COC(=O)[C@@H](NC(=O)N1CCc2c([nH]c3ccc(OC)cc23)C1)C(C)C. The number of methoxy groups -OCH3 is 2. The van der Waals surface area contributed by atoms with Gasteiger partial charge in [0.2, 0.25) is 0 Å². The van der Waals surface area contributed by atoms with Crippen molar-refractivity contribution in [3.8, 4) is 5.75 Å². The lowest BCUT2D eigenvalue weighted by atomic mass is 10.0. The van der Waals surface area contributed by atoms with Crippen LogP contribution in [0.1, 0.15) is 25.1 Å². The quantitative estimate of drug-likeness (QED) is 0.822. The largest absolute Gasteiger partial charge is 0.497 e. The summed E-state index contributed by atoms with van der Waals surface area (Å²) in [7, 11) is 2.98. The number of hydrogen-bond acceptors (Lipinski definition) is 4. The van der Waals surface area contributed by atoms with Crippen LogP contribution in [0.25, 0.3) is 10.9 Å². The maximum absolute atomic E-state index is 12.6. The predicted octanol–water partition coefficient (Wildman–Crippen LogP) is 2.44. The van der Waals surface area contributed by atoms with Crippen LogP contribution in [0.4, 0.5) is 4.79 Å². The van der Waals surface area contributed by atoms with E-state index in [1.165, 1.54) is 12.7 Å². The Hall–Kier alpha value is -2.70. The molecule has 1 aromatic heterocycles. The topological polar surface area (TPSA) is 83.7 Å². The van der Waals surface area contributed by atoms with Crippen LogP contribution in [0.2, 0.25) is 0 Å². The van der Waals surface area contributed by atoms with Crippen LogP contribution >= 0.6 is 0 Å². The van der Waals surface area contributed by atoms with Gasteiger partial charge in [-0.1, -0.05) is 13.8 Å². The molecule has 0 saturated carbocycles. The van der Waals surface area contributed by atoms with Crippen molar-refractivity contribution >= 4 is 22.9 Å². The summed E-state index contributed by atoms with van der Waals surface area (Å²) in [5.41, 5.74) is 3.28. The molecule has 26 heavy (non-hydrogen) atoms. The molecule has 0 spiro atoms. The van der Waals surface area contributed by atoms with Gasteiger partial charge in [-0.05, 0) is 36.1 Å². The Balaban J connectivity index is 1.77. The first-order valence-corrected chi connectivity index (χ1v) is 8.75. The molecular weight excluding hydrogens is 334 g/mol.